The molecule has 0 radical (unpaired) electrons. The molecule has 0 N–H and O–H groups in total. The molecule has 0 rings (SSSR count). The second-order valence-electron chi connectivity index (χ2n) is 3.64. The highest BCUT2D eigenvalue weighted by molar-refractivity contribution is 5.91. The summed E-state index contributed by atoms with van der Waals surface area (Å²) in [7, 11) is 0. The Balaban J connectivity index is 3.98. The SMILES string of the molecule is CC[C@@H](C)OC(=O)/C=C/C(=O)O[C@H](C)CC. The van der Waals surface area contributed by atoms with E-state index < -0.39 is 11.9 Å². The van der Waals surface area contributed by atoms with Gasteiger partial charge < -0.3 is 9.47 Å². The second-order valence-corrected chi connectivity index (χ2v) is 3.64. The van der Waals surface area contributed by atoms with Crippen LogP contribution < -0.4 is 0 Å². The molecule has 4 nitrogen and oxygen atoms in total. The fraction of sp³-hybridized carbons (Fsp3) is 0.667. The van der Waals surface area contributed by atoms with Crippen molar-refractivity contribution >= 4 is 11.9 Å². The first-order chi connectivity index (χ1) is 7.49. The summed E-state index contributed by atoms with van der Waals surface area (Å²) in [5, 5.41) is 0. The summed E-state index contributed by atoms with van der Waals surface area (Å²) in [5.74, 6) is -1.04. The van der Waals surface area contributed by atoms with E-state index in [1.807, 2.05) is 13.8 Å². The molecule has 0 unspecified atom stereocenters. The molecule has 0 bridgehead atoms. The third kappa shape index (κ3) is 7.04. The van der Waals surface area contributed by atoms with Crippen molar-refractivity contribution in [1.29, 1.82) is 0 Å². The van der Waals surface area contributed by atoms with Gasteiger partial charge in [-0.15, -0.1) is 0 Å². The van der Waals surface area contributed by atoms with E-state index in [9.17, 15) is 9.59 Å². The molecule has 0 saturated carbocycles. The standard InChI is InChI=1S/C12H20O4/c1-5-9(3)15-11(13)7-8-12(14)16-10(4)6-2/h7-10H,5-6H2,1-4H3/b8-7+/t9-,10-/m1/s1. The van der Waals surface area contributed by atoms with E-state index in [0.717, 1.165) is 25.0 Å². The number of esters is 2. The van der Waals surface area contributed by atoms with Crippen LogP contribution in [0.15, 0.2) is 12.2 Å². The van der Waals surface area contributed by atoms with Gasteiger partial charge in [-0.25, -0.2) is 9.59 Å². The number of hydrogen-bond acceptors (Lipinski definition) is 4. The van der Waals surface area contributed by atoms with Crippen molar-refractivity contribution in [1.82, 2.24) is 0 Å². The smallest absolute Gasteiger partial charge is 0.331 e. The van der Waals surface area contributed by atoms with Gasteiger partial charge in [0.2, 0.25) is 0 Å². The molecule has 16 heavy (non-hydrogen) atoms. The monoisotopic (exact) mass is 228 g/mol. The lowest BCUT2D eigenvalue weighted by Gasteiger charge is -2.09. The lowest BCUT2D eigenvalue weighted by atomic mass is 10.3. The van der Waals surface area contributed by atoms with Crippen molar-refractivity contribution in [3.05, 3.63) is 12.2 Å². The highest BCUT2D eigenvalue weighted by Crippen LogP contribution is 1.99. The van der Waals surface area contributed by atoms with Gasteiger partial charge in [-0.05, 0) is 26.7 Å². The molecule has 4 heteroatoms. The van der Waals surface area contributed by atoms with E-state index >= 15 is 0 Å². The van der Waals surface area contributed by atoms with Crippen LogP contribution in [-0.2, 0) is 19.1 Å². The minimum absolute atomic E-state index is 0.136. The van der Waals surface area contributed by atoms with E-state index in [2.05, 4.69) is 0 Å². The molecule has 92 valence electrons. The Morgan fingerprint density at radius 1 is 0.938 bits per heavy atom. The lowest BCUT2D eigenvalue weighted by Crippen LogP contribution is -2.14. The Morgan fingerprint density at radius 3 is 1.50 bits per heavy atom. The fourth-order valence-electron chi connectivity index (χ4n) is 0.778. The molecular formula is C12H20O4. The van der Waals surface area contributed by atoms with Gasteiger partial charge >= 0.3 is 11.9 Å². The number of ether oxygens (including phenoxy) is 2. The number of carbonyl (C=O) groups is 2. The Labute approximate surface area is 96.6 Å². The highest BCUT2D eigenvalue weighted by Gasteiger charge is 2.07. The average molecular weight is 228 g/mol. The Bertz CT molecular complexity index is 232. The minimum atomic E-state index is -0.518. The molecule has 2 atom stereocenters. The molecule has 0 aromatic rings. The molecule has 0 aromatic heterocycles. The van der Waals surface area contributed by atoms with Gasteiger partial charge in [-0.2, -0.15) is 0 Å². The van der Waals surface area contributed by atoms with Crippen LogP contribution in [0.1, 0.15) is 40.5 Å². The molecular weight excluding hydrogens is 208 g/mol. The van der Waals surface area contributed by atoms with Crippen LogP contribution in [0, 0.1) is 0 Å². The summed E-state index contributed by atoms with van der Waals surface area (Å²) < 4.78 is 9.90. The van der Waals surface area contributed by atoms with Gasteiger partial charge in [-0.3, -0.25) is 0 Å². The van der Waals surface area contributed by atoms with Gasteiger partial charge in [0.05, 0.1) is 12.2 Å². The van der Waals surface area contributed by atoms with Gasteiger partial charge in [0.25, 0.3) is 0 Å². The normalized spacial score (nSPS) is 14.5. The topological polar surface area (TPSA) is 52.6 Å². The van der Waals surface area contributed by atoms with Gasteiger partial charge in [0.15, 0.2) is 0 Å². The largest absolute Gasteiger partial charge is 0.460 e. The maximum absolute atomic E-state index is 11.2. The van der Waals surface area contributed by atoms with Crippen molar-refractivity contribution in [2.24, 2.45) is 0 Å². The van der Waals surface area contributed by atoms with Crippen LogP contribution in [-0.4, -0.2) is 24.1 Å². The van der Waals surface area contributed by atoms with Gasteiger partial charge in [0, 0.05) is 12.2 Å². The molecule has 0 aliphatic heterocycles. The summed E-state index contributed by atoms with van der Waals surface area (Å²) >= 11 is 0. The minimum Gasteiger partial charge on any atom is -0.460 e. The quantitative estimate of drug-likeness (QED) is 0.516. The maximum Gasteiger partial charge on any atom is 0.331 e. The third-order valence-corrected chi connectivity index (χ3v) is 2.14. The van der Waals surface area contributed by atoms with E-state index in [1.165, 1.54) is 0 Å². The zero-order chi connectivity index (χ0) is 12.6. The van der Waals surface area contributed by atoms with E-state index in [1.54, 1.807) is 13.8 Å². The van der Waals surface area contributed by atoms with E-state index in [-0.39, 0.29) is 12.2 Å². The van der Waals surface area contributed by atoms with Crippen LogP contribution in [0.2, 0.25) is 0 Å². The summed E-state index contributed by atoms with van der Waals surface area (Å²) in [6.45, 7) is 7.42. The molecule has 0 heterocycles. The van der Waals surface area contributed by atoms with Crippen molar-refractivity contribution in [3.63, 3.8) is 0 Å². The molecule has 0 spiro atoms. The molecule has 0 aliphatic rings. The zero-order valence-corrected chi connectivity index (χ0v) is 10.4. The van der Waals surface area contributed by atoms with Gasteiger partial charge in [-0.1, -0.05) is 13.8 Å². The number of carbonyl (C=O) groups excluding carboxylic acids is 2. The van der Waals surface area contributed by atoms with Crippen LogP contribution in [0.4, 0.5) is 0 Å². The van der Waals surface area contributed by atoms with Crippen molar-refractivity contribution in [2.75, 3.05) is 0 Å². The Kier molecular flexibility index (Phi) is 7.25. The van der Waals surface area contributed by atoms with E-state index in [0.29, 0.717) is 0 Å². The molecule has 0 saturated heterocycles. The predicted molar refractivity (Wildman–Crippen MR) is 60.8 cm³/mol. The predicted octanol–water partition coefficient (Wildman–Crippen LogP) is 2.23. The van der Waals surface area contributed by atoms with Crippen LogP contribution in [0.5, 0.6) is 0 Å². The maximum atomic E-state index is 11.2. The van der Waals surface area contributed by atoms with Crippen LogP contribution >= 0.6 is 0 Å². The molecule has 0 aromatic carbocycles. The highest BCUT2D eigenvalue weighted by atomic mass is 16.5. The first-order valence-corrected chi connectivity index (χ1v) is 5.58. The lowest BCUT2D eigenvalue weighted by molar-refractivity contribution is -0.145. The third-order valence-electron chi connectivity index (χ3n) is 2.14. The summed E-state index contributed by atoms with van der Waals surface area (Å²) in [6, 6.07) is 0. The van der Waals surface area contributed by atoms with E-state index in [4.69, 9.17) is 9.47 Å². The Hall–Kier alpha value is -1.32. The zero-order valence-electron chi connectivity index (χ0n) is 10.4. The van der Waals surface area contributed by atoms with Gasteiger partial charge in [0.1, 0.15) is 0 Å². The molecule has 0 fully saturated rings. The van der Waals surface area contributed by atoms with Crippen molar-refractivity contribution < 1.29 is 19.1 Å². The van der Waals surface area contributed by atoms with Crippen LogP contribution in [0.25, 0.3) is 0 Å². The molecule has 0 amide bonds. The van der Waals surface area contributed by atoms with Crippen molar-refractivity contribution in [3.8, 4) is 0 Å². The number of hydrogen-bond donors (Lipinski definition) is 0. The average Bonchev–Trinajstić information content (AvgIpc) is 2.26. The molecule has 0 aliphatic carbocycles. The first kappa shape index (κ1) is 14.7. The number of rotatable bonds is 6. The summed E-state index contributed by atoms with van der Waals surface area (Å²) in [4.78, 5) is 22.3. The summed E-state index contributed by atoms with van der Waals surface area (Å²) in [5.41, 5.74) is 0. The Morgan fingerprint density at radius 2 is 1.25 bits per heavy atom. The van der Waals surface area contributed by atoms with Crippen LogP contribution in [0.3, 0.4) is 0 Å². The first-order valence-electron chi connectivity index (χ1n) is 5.58. The second kappa shape index (κ2) is 7.91. The fourth-order valence-corrected chi connectivity index (χ4v) is 0.778. The summed E-state index contributed by atoms with van der Waals surface area (Å²) in [6.07, 6.45) is 3.41. The van der Waals surface area contributed by atoms with Crippen molar-refractivity contribution in [2.45, 2.75) is 52.7 Å².